The van der Waals surface area contributed by atoms with Gasteiger partial charge in [0, 0.05) is 27.2 Å². The zero-order chi connectivity index (χ0) is 11.0. The van der Waals surface area contributed by atoms with E-state index in [1.54, 1.807) is 14.1 Å². The van der Waals surface area contributed by atoms with Gasteiger partial charge < -0.3 is 4.90 Å². The lowest BCUT2D eigenvalue weighted by molar-refractivity contribution is 0.0819. The van der Waals surface area contributed by atoms with Gasteiger partial charge in [-0.1, -0.05) is 5.21 Å². The molecule has 0 saturated heterocycles. The minimum Gasteiger partial charge on any atom is -0.343 e. The molecule has 1 aliphatic heterocycles. The summed E-state index contributed by atoms with van der Waals surface area (Å²) in [7, 11) is 5.47. The average molecular weight is 209 g/mol. The molecule has 1 aromatic heterocycles. The lowest BCUT2D eigenvalue weighted by Crippen LogP contribution is -2.32. The van der Waals surface area contributed by atoms with Crippen LogP contribution in [0.15, 0.2) is 0 Å². The highest BCUT2D eigenvalue weighted by atomic mass is 16.2. The van der Waals surface area contributed by atoms with Gasteiger partial charge in [0.2, 0.25) is 0 Å². The molecule has 0 spiro atoms. The van der Waals surface area contributed by atoms with Crippen molar-refractivity contribution in [3.05, 3.63) is 11.4 Å². The zero-order valence-electron chi connectivity index (χ0n) is 9.27. The summed E-state index contributed by atoms with van der Waals surface area (Å²) in [5, 5.41) is 7.94. The van der Waals surface area contributed by atoms with Crippen molar-refractivity contribution in [2.75, 3.05) is 27.7 Å². The molecule has 0 radical (unpaired) electrons. The quantitative estimate of drug-likeness (QED) is 0.621. The Morgan fingerprint density at radius 3 is 2.80 bits per heavy atom. The molecule has 0 N–H and O–H groups in total. The normalized spacial score (nSPS) is 16.2. The summed E-state index contributed by atoms with van der Waals surface area (Å²) < 4.78 is 1.82. The first-order chi connectivity index (χ1) is 7.09. The molecule has 0 saturated carbocycles. The number of rotatable bonds is 1. The molecule has 0 atom stereocenters. The summed E-state index contributed by atoms with van der Waals surface area (Å²) in [6, 6.07) is 0. The summed E-state index contributed by atoms with van der Waals surface area (Å²) in [5.74, 6) is -0.0773. The number of fused-ring (bicyclic) bond motifs is 1. The van der Waals surface area contributed by atoms with E-state index in [2.05, 4.69) is 15.2 Å². The van der Waals surface area contributed by atoms with Crippen LogP contribution < -0.4 is 0 Å². The molecule has 82 valence electrons. The van der Waals surface area contributed by atoms with Crippen molar-refractivity contribution in [2.24, 2.45) is 0 Å². The number of likely N-dealkylation sites (N-methyl/N-ethyl adjacent to an activating group) is 1. The lowest BCUT2D eigenvalue weighted by atomic mass is 10.2. The van der Waals surface area contributed by atoms with Gasteiger partial charge in [0.1, 0.15) is 0 Å². The maximum Gasteiger partial charge on any atom is 0.275 e. The Labute approximate surface area is 88.5 Å². The van der Waals surface area contributed by atoms with Gasteiger partial charge in [-0.15, -0.1) is 5.10 Å². The largest absolute Gasteiger partial charge is 0.343 e. The Morgan fingerprint density at radius 1 is 1.40 bits per heavy atom. The van der Waals surface area contributed by atoms with Crippen LogP contribution in [-0.2, 0) is 13.1 Å². The summed E-state index contributed by atoms with van der Waals surface area (Å²) in [6.07, 6.45) is 0. The topological polar surface area (TPSA) is 54.3 Å². The molecule has 2 rings (SSSR count). The molecule has 1 aliphatic rings. The lowest BCUT2D eigenvalue weighted by Gasteiger charge is -2.23. The van der Waals surface area contributed by atoms with Gasteiger partial charge in [-0.3, -0.25) is 9.69 Å². The summed E-state index contributed by atoms with van der Waals surface area (Å²) in [6.45, 7) is 2.49. The third-order valence-electron chi connectivity index (χ3n) is 2.56. The predicted octanol–water partition coefficient (Wildman–Crippen LogP) is -0.575. The van der Waals surface area contributed by atoms with E-state index in [0.717, 1.165) is 25.3 Å². The van der Waals surface area contributed by atoms with Crippen LogP contribution in [0.1, 0.15) is 16.2 Å². The Morgan fingerprint density at radius 2 is 2.13 bits per heavy atom. The van der Waals surface area contributed by atoms with Gasteiger partial charge in [0.05, 0.1) is 12.2 Å². The van der Waals surface area contributed by atoms with E-state index < -0.39 is 0 Å². The van der Waals surface area contributed by atoms with Crippen LogP contribution in [0.25, 0.3) is 0 Å². The Bertz CT molecular complexity index is 384. The Hall–Kier alpha value is -1.43. The van der Waals surface area contributed by atoms with Gasteiger partial charge >= 0.3 is 0 Å². The number of carbonyl (C=O) groups excluding carboxylic acids is 1. The van der Waals surface area contributed by atoms with Gasteiger partial charge in [0.25, 0.3) is 5.91 Å². The Kier molecular flexibility index (Phi) is 2.44. The fraction of sp³-hybridized carbons (Fsp3) is 0.667. The number of hydrogen-bond acceptors (Lipinski definition) is 4. The minimum absolute atomic E-state index is 0.0773. The van der Waals surface area contributed by atoms with Gasteiger partial charge in [-0.25, -0.2) is 4.68 Å². The molecule has 0 aromatic carbocycles. The fourth-order valence-corrected chi connectivity index (χ4v) is 1.65. The highest BCUT2D eigenvalue weighted by Gasteiger charge is 2.24. The first-order valence-corrected chi connectivity index (χ1v) is 4.92. The van der Waals surface area contributed by atoms with Gasteiger partial charge in [-0.2, -0.15) is 0 Å². The number of nitrogens with zero attached hydrogens (tertiary/aromatic N) is 5. The number of amides is 1. The van der Waals surface area contributed by atoms with Crippen molar-refractivity contribution in [1.82, 2.24) is 24.8 Å². The molecular formula is C9H15N5O. The van der Waals surface area contributed by atoms with Crippen molar-refractivity contribution in [3.8, 4) is 0 Å². The first-order valence-electron chi connectivity index (χ1n) is 4.92. The average Bonchev–Trinajstić information content (AvgIpc) is 2.59. The van der Waals surface area contributed by atoms with Crippen molar-refractivity contribution in [3.63, 3.8) is 0 Å². The fourth-order valence-electron chi connectivity index (χ4n) is 1.65. The smallest absolute Gasteiger partial charge is 0.275 e. The molecule has 0 aliphatic carbocycles. The second-order valence-electron chi connectivity index (χ2n) is 4.05. The van der Waals surface area contributed by atoms with E-state index in [9.17, 15) is 4.79 Å². The third kappa shape index (κ3) is 1.72. The van der Waals surface area contributed by atoms with Crippen LogP contribution in [0, 0.1) is 0 Å². The molecule has 1 amide bonds. The van der Waals surface area contributed by atoms with Crippen LogP contribution in [-0.4, -0.2) is 58.4 Å². The van der Waals surface area contributed by atoms with Crippen molar-refractivity contribution in [2.45, 2.75) is 13.1 Å². The van der Waals surface area contributed by atoms with E-state index in [-0.39, 0.29) is 5.91 Å². The maximum atomic E-state index is 11.8. The van der Waals surface area contributed by atoms with E-state index in [1.165, 1.54) is 4.90 Å². The van der Waals surface area contributed by atoms with Crippen LogP contribution in [0.5, 0.6) is 0 Å². The molecule has 6 heteroatoms. The minimum atomic E-state index is -0.0773. The second kappa shape index (κ2) is 3.62. The summed E-state index contributed by atoms with van der Waals surface area (Å²) in [4.78, 5) is 15.5. The summed E-state index contributed by atoms with van der Waals surface area (Å²) >= 11 is 0. The van der Waals surface area contributed by atoms with Crippen molar-refractivity contribution in [1.29, 1.82) is 0 Å². The number of carbonyl (C=O) groups is 1. The SMILES string of the molecule is CN1CCn2nnc(C(=O)N(C)C)c2C1. The number of hydrogen-bond donors (Lipinski definition) is 0. The van der Waals surface area contributed by atoms with E-state index in [4.69, 9.17) is 0 Å². The molecule has 0 bridgehead atoms. The molecule has 1 aromatic rings. The zero-order valence-corrected chi connectivity index (χ0v) is 9.27. The molecule has 2 heterocycles. The monoisotopic (exact) mass is 209 g/mol. The van der Waals surface area contributed by atoms with Crippen LogP contribution >= 0.6 is 0 Å². The van der Waals surface area contributed by atoms with Crippen LogP contribution in [0.4, 0.5) is 0 Å². The van der Waals surface area contributed by atoms with Gasteiger partial charge in [0.15, 0.2) is 5.69 Å². The third-order valence-corrected chi connectivity index (χ3v) is 2.56. The molecule has 15 heavy (non-hydrogen) atoms. The van der Waals surface area contributed by atoms with Crippen molar-refractivity contribution < 1.29 is 4.79 Å². The highest BCUT2D eigenvalue weighted by Crippen LogP contribution is 2.13. The van der Waals surface area contributed by atoms with E-state index in [0.29, 0.717) is 5.69 Å². The van der Waals surface area contributed by atoms with Gasteiger partial charge in [-0.05, 0) is 7.05 Å². The van der Waals surface area contributed by atoms with Crippen LogP contribution in [0.3, 0.4) is 0 Å². The van der Waals surface area contributed by atoms with Crippen molar-refractivity contribution >= 4 is 5.91 Å². The molecule has 0 unspecified atom stereocenters. The highest BCUT2D eigenvalue weighted by molar-refractivity contribution is 5.92. The molecule has 6 nitrogen and oxygen atoms in total. The maximum absolute atomic E-state index is 11.8. The van der Waals surface area contributed by atoms with E-state index >= 15 is 0 Å². The predicted molar refractivity (Wildman–Crippen MR) is 54.4 cm³/mol. The van der Waals surface area contributed by atoms with Crippen LogP contribution in [0.2, 0.25) is 0 Å². The second-order valence-corrected chi connectivity index (χ2v) is 4.05. The molecular weight excluding hydrogens is 194 g/mol. The van der Waals surface area contributed by atoms with E-state index in [1.807, 2.05) is 11.7 Å². The Balaban J connectivity index is 2.34. The summed E-state index contributed by atoms with van der Waals surface area (Å²) in [5.41, 5.74) is 1.40. The standard InChI is InChI=1S/C9H15N5O/c1-12(2)9(15)8-7-6-13(3)4-5-14(7)11-10-8/h4-6H2,1-3H3. The number of aromatic nitrogens is 3. The molecule has 0 fully saturated rings. The first kappa shape index (κ1) is 10.1.